The summed E-state index contributed by atoms with van der Waals surface area (Å²) in [6, 6.07) is 8.68. The molecule has 22 heavy (non-hydrogen) atoms. The highest BCUT2D eigenvalue weighted by Gasteiger charge is 2.18. The summed E-state index contributed by atoms with van der Waals surface area (Å²) >= 11 is 15.2. The average molecular weight is 402 g/mol. The number of hydrogen-bond donors (Lipinski definition) is 1. The second-order valence-electron chi connectivity index (χ2n) is 5.87. The Morgan fingerprint density at radius 1 is 1.00 bits per heavy atom. The van der Waals surface area contributed by atoms with Gasteiger partial charge in [0.1, 0.15) is 5.69 Å². The zero-order valence-electron chi connectivity index (χ0n) is 12.4. The van der Waals surface area contributed by atoms with Crippen LogP contribution in [0.2, 0.25) is 10.0 Å². The SMILES string of the molecule is CC(C)(C)c1cc(Br)c(O)c(N=Nc2ccc(Cl)c(Cl)c2)c1. The highest BCUT2D eigenvalue weighted by atomic mass is 79.9. The number of hydrogen-bond acceptors (Lipinski definition) is 3. The van der Waals surface area contributed by atoms with E-state index in [1.807, 2.05) is 12.1 Å². The van der Waals surface area contributed by atoms with Gasteiger partial charge in [0.25, 0.3) is 0 Å². The minimum atomic E-state index is -0.0654. The lowest BCUT2D eigenvalue weighted by atomic mass is 9.87. The molecule has 0 radical (unpaired) electrons. The molecule has 0 aromatic heterocycles. The van der Waals surface area contributed by atoms with E-state index in [9.17, 15) is 5.11 Å². The summed E-state index contributed by atoms with van der Waals surface area (Å²) in [7, 11) is 0. The monoisotopic (exact) mass is 400 g/mol. The van der Waals surface area contributed by atoms with Crippen molar-refractivity contribution >= 4 is 50.5 Å². The van der Waals surface area contributed by atoms with Crippen molar-refractivity contribution in [1.29, 1.82) is 0 Å². The Kier molecular flexibility index (Phi) is 5.15. The van der Waals surface area contributed by atoms with Gasteiger partial charge in [0, 0.05) is 0 Å². The van der Waals surface area contributed by atoms with Gasteiger partial charge >= 0.3 is 0 Å². The van der Waals surface area contributed by atoms with E-state index in [1.165, 1.54) is 0 Å². The maximum Gasteiger partial charge on any atom is 0.157 e. The number of nitrogens with zero attached hydrogens (tertiary/aromatic N) is 2. The van der Waals surface area contributed by atoms with Gasteiger partial charge in [-0.3, -0.25) is 0 Å². The fourth-order valence-corrected chi connectivity index (χ4v) is 2.49. The summed E-state index contributed by atoms with van der Waals surface area (Å²) in [5, 5.41) is 19.2. The van der Waals surface area contributed by atoms with E-state index in [0.717, 1.165) is 5.56 Å². The number of azo groups is 1. The first-order valence-corrected chi connectivity index (χ1v) is 8.13. The molecule has 2 aromatic rings. The number of rotatable bonds is 2. The molecule has 0 aliphatic carbocycles. The molecule has 2 aromatic carbocycles. The Morgan fingerprint density at radius 2 is 1.68 bits per heavy atom. The minimum Gasteiger partial charge on any atom is -0.505 e. The van der Waals surface area contributed by atoms with E-state index < -0.39 is 0 Å². The highest BCUT2D eigenvalue weighted by molar-refractivity contribution is 9.10. The second-order valence-corrected chi connectivity index (χ2v) is 7.54. The minimum absolute atomic E-state index is 0.0526. The van der Waals surface area contributed by atoms with Crippen LogP contribution in [0.1, 0.15) is 26.3 Å². The fraction of sp³-hybridized carbons (Fsp3) is 0.250. The van der Waals surface area contributed by atoms with Crippen molar-refractivity contribution in [2.24, 2.45) is 10.2 Å². The lowest BCUT2D eigenvalue weighted by Crippen LogP contribution is -2.10. The topological polar surface area (TPSA) is 45.0 Å². The van der Waals surface area contributed by atoms with Crippen LogP contribution in [0.5, 0.6) is 5.75 Å². The van der Waals surface area contributed by atoms with Crippen molar-refractivity contribution < 1.29 is 5.11 Å². The van der Waals surface area contributed by atoms with Crippen LogP contribution in [0.25, 0.3) is 0 Å². The standard InChI is InChI=1S/C16H15BrCl2N2O/c1-16(2,3)9-6-11(17)15(22)14(7-9)21-20-10-4-5-12(18)13(19)8-10/h4-8,22H,1-3H3. The predicted octanol–water partition coefficient (Wildman–Crippen LogP) is 7.17. The van der Waals surface area contributed by atoms with E-state index in [4.69, 9.17) is 23.2 Å². The van der Waals surface area contributed by atoms with Crippen molar-refractivity contribution in [2.75, 3.05) is 0 Å². The molecule has 116 valence electrons. The number of phenols is 1. The van der Waals surface area contributed by atoms with E-state index in [0.29, 0.717) is 25.9 Å². The van der Waals surface area contributed by atoms with E-state index in [1.54, 1.807) is 18.2 Å². The molecule has 0 heterocycles. The predicted molar refractivity (Wildman–Crippen MR) is 95.1 cm³/mol. The van der Waals surface area contributed by atoms with Crippen LogP contribution >= 0.6 is 39.1 Å². The molecule has 0 amide bonds. The van der Waals surface area contributed by atoms with Crippen molar-refractivity contribution in [3.63, 3.8) is 0 Å². The summed E-state index contributed by atoms with van der Waals surface area (Å²) < 4.78 is 0.586. The lowest BCUT2D eigenvalue weighted by Gasteiger charge is -2.20. The van der Waals surface area contributed by atoms with Crippen molar-refractivity contribution in [3.8, 4) is 5.75 Å². The third kappa shape index (κ3) is 4.00. The van der Waals surface area contributed by atoms with Gasteiger partial charge in [0.05, 0.1) is 20.2 Å². The molecule has 0 saturated heterocycles. The summed E-state index contributed by atoms with van der Waals surface area (Å²) in [5.41, 5.74) is 1.93. The van der Waals surface area contributed by atoms with Gasteiger partial charge in [0.15, 0.2) is 5.75 Å². The molecule has 3 nitrogen and oxygen atoms in total. The van der Waals surface area contributed by atoms with Crippen LogP contribution in [0.15, 0.2) is 45.0 Å². The Balaban J connectivity index is 2.42. The van der Waals surface area contributed by atoms with Gasteiger partial charge in [-0.15, -0.1) is 5.11 Å². The summed E-state index contributed by atoms with van der Waals surface area (Å²) in [6.45, 7) is 6.27. The summed E-state index contributed by atoms with van der Waals surface area (Å²) in [4.78, 5) is 0. The quantitative estimate of drug-likeness (QED) is 0.532. The van der Waals surface area contributed by atoms with E-state index in [-0.39, 0.29) is 11.2 Å². The van der Waals surface area contributed by atoms with Crippen LogP contribution < -0.4 is 0 Å². The van der Waals surface area contributed by atoms with Crippen molar-refractivity contribution in [3.05, 3.63) is 50.4 Å². The molecule has 2 rings (SSSR count). The average Bonchev–Trinajstić information content (AvgIpc) is 2.42. The molecule has 0 aliphatic heterocycles. The second kappa shape index (κ2) is 6.57. The van der Waals surface area contributed by atoms with Crippen LogP contribution in [-0.2, 0) is 5.41 Å². The molecule has 0 aliphatic rings. The molecule has 0 fully saturated rings. The largest absolute Gasteiger partial charge is 0.505 e. The molecule has 0 bridgehead atoms. The van der Waals surface area contributed by atoms with Gasteiger partial charge in [0.2, 0.25) is 0 Å². The van der Waals surface area contributed by atoms with Gasteiger partial charge in [-0.05, 0) is 57.2 Å². The maximum absolute atomic E-state index is 10.1. The molecule has 6 heteroatoms. The molecule has 0 atom stereocenters. The third-order valence-corrected chi connectivity index (χ3v) is 4.43. The van der Waals surface area contributed by atoms with E-state index >= 15 is 0 Å². The van der Waals surface area contributed by atoms with Crippen LogP contribution in [0.3, 0.4) is 0 Å². The molecular formula is C16H15BrCl2N2O. The lowest BCUT2D eigenvalue weighted by molar-refractivity contribution is 0.471. The molecular weight excluding hydrogens is 387 g/mol. The number of phenolic OH excluding ortho intramolecular Hbond substituents is 1. The highest BCUT2D eigenvalue weighted by Crippen LogP contribution is 2.40. The Bertz CT molecular complexity index is 740. The number of aromatic hydroxyl groups is 1. The first kappa shape index (κ1) is 17.3. The third-order valence-electron chi connectivity index (χ3n) is 3.09. The Morgan fingerprint density at radius 3 is 2.27 bits per heavy atom. The van der Waals surface area contributed by atoms with E-state index in [2.05, 4.69) is 46.9 Å². The Labute approximate surface area is 148 Å². The Hall–Kier alpha value is -1.10. The zero-order chi connectivity index (χ0) is 16.5. The molecule has 0 saturated carbocycles. The van der Waals surface area contributed by atoms with Gasteiger partial charge in [-0.25, -0.2) is 0 Å². The number of halogens is 3. The first-order valence-electron chi connectivity index (χ1n) is 6.58. The molecule has 0 spiro atoms. The fourth-order valence-electron chi connectivity index (χ4n) is 1.75. The van der Waals surface area contributed by atoms with Crippen LogP contribution in [0, 0.1) is 0 Å². The molecule has 0 unspecified atom stereocenters. The van der Waals surface area contributed by atoms with Crippen LogP contribution in [0.4, 0.5) is 11.4 Å². The summed E-state index contributed by atoms with van der Waals surface area (Å²) in [5.74, 6) is 0.0526. The molecule has 1 N–H and O–H groups in total. The zero-order valence-corrected chi connectivity index (χ0v) is 15.5. The smallest absolute Gasteiger partial charge is 0.157 e. The number of benzene rings is 2. The van der Waals surface area contributed by atoms with Crippen LogP contribution in [-0.4, -0.2) is 5.11 Å². The van der Waals surface area contributed by atoms with Crippen molar-refractivity contribution in [2.45, 2.75) is 26.2 Å². The first-order chi connectivity index (χ1) is 10.2. The van der Waals surface area contributed by atoms with Gasteiger partial charge in [-0.2, -0.15) is 5.11 Å². The van der Waals surface area contributed by atoms with Crippen molar-refractivity contribution in [1.82, 2.24) is 0 Å². The van der Waals surface area contributed by atoms with Gasteiger partial charge in [-0.1, -0.05) is 44.0 Å². The summed E-state index contributed by atoms with van der Waals surface area (Å²) in [6.07, 6.45) is 0. The maximum atomic E-state index is 10.1. The normalized spacial score (nSPS) is 12.1. The van der Waals surface area contributed by atoms with Gasteiger partial charge < -0.3 is 5.11 Å².